The van der Waals surface area contributed by atoms with Crippen LogP contribution in [0.4, 0.5) is 28.2 Å². The van der Waals surface area contributed by atoms with Gasteiger partial charge in [-0.25, -0.2) is 9.18 Å². The minimum absolute atomic E-state index is 0.386. The molecule has 1 aromatic carbocycles. The molecule has 0 unspecified atom stereocenters. The topological polar surface area (TPSA) is 67.2 Å². The number of carbonyl (C=O) groups is 1. The Labute approximate surface area is 140 Å². The molecule has 0 aliphatic heterocycles. The van der Waals surface area contributed by atoms with Crippen molar-refractivity contribution in [2.24, 2.45) is 0 Å². The highest BCUT2D eigenvalue weighted by Crippen LogP contribution is 2.39. The lowest BCUT2D eigenvalue weighted by Crippen LogP contribution is -2.45. The molecule has 0 bridgehead atoms. The molecule has 2 amide bonds. The number of halogens is 4. The highest BCUT2D eigenvalue weighted by Gasteiger charge is 2.38. The molecule has 0 saturated heterocycles. The fourth-order valence-electron chi connectivity index (χ4n) is 3.06. The Balaban J connectivity index is 1.73. The Bertz CT molecular complexity index is 749. The van der Waals surface area contributed by atoms with Crippen molar-refractivity contribution in [2.75, 3.05) is 5.32 Å². The maximum Gasteiger partial charge on any atom is 0.436 e. The highest BCUT2D eigenvalue weighted by atomic mass is 19.4. The van der Waals surface area contributed by atoms with Crippen molar-refractivity contribution >= 4 is 11.9 Å². The lowest BCUT2D eigenvalue weighted by Gasteiger charge is -2.30. The Hall–Kier alpha value is -2.58. The number of anilines is 1. The fraction of sp³-hybridized carbons (Fsp3) is 0.375. The monoisotopic (exact) mass is 357 g/mol. The molecule has 2 N–H and O–H groups in total. The molecule has 5 nitrogen and oxygen atoms in total. The lowest BCUT2D eigenvalue weighted by atomic mass is 9.88. The van der Waals surface area contributed by atoms with Crippen LogP contribution in [0.5, 0.6) is 0 Å². The van der Waals surface area contributed by atoms with E-state index in [4.69, 9.17) is 0 Å². The number of benzene rings is 1. The van der Waals surface area contributed by atoms with Crippen LogP contribution in [0.15, 0.2) is 34.9 Å². The summed E-state index contributed by atoms with van der Waals surface area (Å²) in [5, 5.41) is 7.87. The van der Waals surface area contributed by atoms with Gasteiger partial charge in [-0.1, -0.05) is 30.1 Å². The second kappa shape index (κ2) is 6.38. The van der Waals surface area contributed by atoms with Gasteiger partial charge in [-0.3, -0.25) is 5.32 Å². The fourth-order valence-corrected chi connectivity index (χ4v) is 3.06. The van der Waals surface area contributed by atoms with Crippen LogP contribution in [0.3, 0.4) is 0 Å². The number of nitrogens with one attached hydrogen (secondary N) is 2. The zero-order valence-corrected chi connectivity index (χ0v) is 13.0. The molecule has 25 heavy (non-hydrogen) atoms. The van der Waals surface area contributed by atoms with E-state index in [1.807, 2.05) is 0 Å². The summed E-state index contributed by atoms with van der Waals surface area (Å²) >= 11 is 0. The van der Waals surface area contributed by atoms with Crippen molar-refractivity contribution in [2.45, 2.75) is 37.4 Å². The van der Waals surface area contributed by atoms with Crippen LogP contribution in [0.2, 0.25) is 0 Å². The summed E-state index contributed by atoms with van der Waals surface area (Å²) in [6, 6.07) is 5.70. The van der Waals surface area contributed by atoms with Crippen molar-refractivity contribution < 1.29 is 26.9 Å². The molecule has 134 valence electrons. The first-order valence-electron chi connectivity index (χ1n) is 7.68. The number of alkyl halides is 3. The summed E-state index contributed by atoms with van der Waals surface area (Å²) in [5.74, 6) is -0.792. The number of hydrogen-bond donors (Lipinski definition) is 2. The molecule has 0 radical (unpaired) electrons. The largest absolute Gasteiger partial charge is 0.436 e. The van der Waals surface area contributed by atoms with Crippen LogP contribution in [-0.4, -0.2) is 11.2 Å². The zero-order valence-electron chi connectivity index (χ0n) is 13.0. The van der Waals surface area contributed by atoms with Gasteiger partial charge in [0, 0.05) is 6.07 Å². The normalized spacial score (nSPS) is 16.6. The molecule has 3 rings (SSSR count). The van der Waals surface area contributed by atoms with E-state index in [1.54, 1.807) is 12.1 Å². The highest BCUT2D eigenvalue weighted by molar-refractivity contribution is 5.88. The summed E-state index contributed by atoms with van der Waals surface area (Å²) in [5.41, 5.74) is -1.17. The summed E-state index contributed by atoms with van der Waals surface area (Å²) in [6.45, 7) is 0. The van der Waals surface area contributed by atoms with E-state index < -0.39 is 29.3 Å². The Kier molecular flexibility index (Phi) is 4.40. The van der Waals surface area contributed by atoms with Crippen LogP contribution in [0.1, 0.15) is 36.9 Å². The van der Waals surface area contributed by atoms with E-state index in [0.717, 1.165) is 18.4 Å². The maximum atomic E-state index is 13.1. The van der Waals surface area contributed by atoms with E-state index in [-0.39, 0.29) is 5.82 Å². The first kappa shape index (κ1) is 17.2. The number of aromatic nitrogens is 1. The zero-order chi connectivity index (χ0) is 18.1. The number of rotatable bonds is 3. The molecule has 1 fully saturated rings. The van der Waals surface area contributed by atoms with Crippen LogP contribution in [0, 0.1) is 5.82 Å². The Morgan fingerprint density at radius 3 is 2.36 bits per heavy atom. The molecule has 1 heterocycles. The lowest BCUT2D eigenvalue weighted by molar-refractivity contribution is -0.142. The van der Waals surface area contributed by atoms with Gasteiger partial charge in [-0.2, -0.15) is 13.2 Å². The molecule has 9 heteroatoms. The minimum Gasteiger partial charge on any atom is -0.338 e. The number of hydrogen-bond acceptors (Lipinski definition) is 3. The maximum absolute atomic E-state index is 13.1. The van der Waals surface area contributed by atoms with E-state index >= 15 is 0 Å². The van der Waals surface area contributed by atoms with Crippen LogP contribution in [0.25, 0.3) is 0 Å². The van der Waals surface area contributed by atoms with Gasteiger partial charge < -0.3 is 9.84 Å². The van der Waals surface area contributed by atoms with E-state index in [1.165, 1.54) is 12.1 Å². The first-order chi connectivity index (χ1) is 11.8. The SMILES string of the molecule is O=C(Nc1cc(C(F)(F)F)no1)NC1(c2ccc(F)cc2)CCCC1. The summed E-state index contributed by atoms with van der Waals surface area (Å²) < 4.78 is 55.1. The number of nitrogens with zero attached hydrogens (tertiary/aromatic N) is 1. The van der Waals surface area contributed by atoms with Gasteiger partial charge in [0.25, 0.3) is 0 Å². The van der Waals surface area contributed by atoms with Crippen molar-refractivity contribution in [3.05, 3.63) is 47.4 Å². The summed E-state index contributed by atoms with van der Waals surface area (Å²) in [4.78, 5) is 12.2. The smallest absolute Gasteiger partial charge is 0.338 e. The second-order valence-corrected chi connectivity index (χ2v) is 5.95. The van der Waals surface area contributed by atoms with E-state index in [2.05, 4.69) is 20.3 Å². The average molecular weight is 357 g/mol. The third-order valence-electron chi connectivity index (χ3n) is 4.24. The van der Waals surface area contributed by atoms with Crippen molar-refractivity contribution in [1.82, 2.24) is 10.5 Å². The third kappa shape index (κ3) is 3.75. The van der Waals surface area contributed by atoms with E-state index in [0.29, 0.717) is 18.9 Å². The molecule has 1 aliphatic carbocycles. The van der Waals surface area contributed by atoms with Gasteiger partial charge in [-0.05, 0) is 30.5 Å². The molecular formula is C16H15F4N3O2. The minimum atomic E-state index is -4.65. The number of urea groups is 1. The molecule has 1 aliphatic rings. The molecule has 0 spiro atoms. The third-order valence-corrected chi connectivity index (χ3v) is 4.24. The first-order valence-corrected chi connectivity index (χ1v) is 7.68. The number of carbonyl (C=O) groups excluding carboxylic acids is 1. The van der Waals surface area contributed by atoms with Crippen molar-refractivity contribution in [1.29, 1.82) is 0 Å². The van der Waals surface area contributed by atoms with Crippen LogP contribution >= 0.6 is 0 Å². The van der Waals surface area contributed by atoms with Gasteiger partial charge in [0.2, 0.25) is 5.88 Å². The molecular weight excluding hydrogens is 342 g/mol. The van der Waals surface area contributed by atoms with E-state index in [9.17, 15) is 22.4 Å². The predicted octanol–water partition coefficient (Wildman–Crippen LogP) is 4.42. The standard InChI is InChI=1S/C16H15F4N3O2/c17-11-5-3-10(4-6-11)15(7-1-2-8-15)22-14(24)21-13-9-12(23-25-13)16(18,19)20/h3-6,9H,1-2,7-8H2,(H2,21,22,24). The predicted molar refractivity (Wildman–Crippen MR) is 80.2 cm³/mol. The molecule has 0 atom stereocenters. The van der Waals surface area contributed by atoms with Gasteiger partial charge in [-0.15, -0.1) is 0 Å². The average Bonchev–Trinajstić information content (AvgIpc) is 3.17. The number of amides is 2. The van der Waals surface area contributed by atoms with Gasteiger partial charge >= 0.3 is 12.2 Å². The van der Waals surface area contributed by atoms with Gasteiger partial charge in [0.15, 0.2) is 5.69 Å². The molecule has 1 saturated carbocycles. The quantitative estimate of drug-likeness (QED) is 0.799. The molecule has 1 aromatic heterocycles. The van der Waals surface area contributed by atoms with Crippen molar-refractivity contribution in [3.8, 4) is 0 Å². The van der Waals surface area contributed by atoms with Crippen LogP contribution in [-0.2, 0) is 11.7 Å². The summed E-state index contributed by atoms with van der Waals surface area (Å²) in [6.07, 6.45) is -1.61. The van der Waals surface area contributed by atoms with Gasteiger partial charge in [0.05, 0.1) is 5.54 Å². The Morgan fingerprint density at radius 2 is 1.80 bits per heavy atom. The van der Waals surface area contributed by atoms with Gasteiger partial charge in [0.1, 0.15) is 5.82 Å². The summed E-state index contributed by atoms with van der Waals surface area (Å²) in [7, 11) is 0. The van der Waals surface area contributed by atoms with Crippen LogP contribution < -0.4 is 10.6 Å². The second-order valence-electron chi connectivity index (χ2n) is 5.95. The Morgan fingerprint density at radius 1 is 1.16 bits per heavy atom. The van der Waals surface area contributed by atoms with Crippen molar-refractivity contribution in [3.63, 3.8) is 0 Å². The molecule has 2 aromatic rings.